The number of ketones is 1. The van der Waals surface area contributed by atoms with Crippen molar-refractivity contribution < 1.29 is 19.1 Å². The number of aliphatic imine (C=N–C) groups is 1. The molecule has 1 saturated heterocycles. The third kappa shape index (κ3) is 5.50. The smallest absolute Gasteiger partial charge is 0.322 e. The molecule has 1 aromatic heterocycles. The number of hydrogen-bond donors (Lipinski definition) is 3. The van der Waals surface area contributed by atoms with Gasteiger partial charge in [0.05, 0.1) is 12.6 Å². The summed E-state index contributed by atoms with van der Waals surface area (Å²) in [4.78, 5) is 50.3. The molecule has 3 N–H and O–H groups in total. The van der Waals surface area contributed by atoms with Crippen LogP contribution in [0.5, 0.6) is 0 Å². The van der Waals surface area contributed by atoms with E-state index < -0.39 is 29.5 Å². The number of nitrogens with one attached hydrogen (secondary N) is 3. The lowest BCUT2D eigenvalue weighted by Gasteiger charge is -2.36. The Labute approximate surface area is 205 Å². The maximum absolute atomic E-state index is 14.1. The summed E-state index contributed by atoms with van der Waals surface area (Å²) in [6.45, 7) is 6.39. The Morgan fingerprint density at radius 1 is 1.31 bits per heavy atom. The molecule has 0 spiro atoms. The first kappa shape index (κ1) is 25.2. The van der Waals surface area contributed by atoms with Gasteiger partial charge in [0.25, 0.3) is 5.91 Å². The highest BCUT2D eigenvalue weighted by molar-refractivity contribution is 6.18. The molecule has 0 aromatic carbocycles. The van der Waals surface area contributed by atoms with Crippen LogP contribution < -0.4 is 16.0 Å². The molecule has 0 saturated carbocycles. The number of aromatic nitrogens is 1. The number of ether oxygens (including phenoxy) is 1. The van der Waals surface area contributed by atoms with E-state index in [2.05, 4.69) is 27.0 Å². The molecule has 10 heteroatoms. The van der Waals surface area contributed by atoms with E-state index in [1.54, 1.807) is 19.9 Å². The number of anilines is 1. The topological polar surface area (TPSA) is 125 Å². The average molecular weight is 483 g/mol. The van der Waals surface area contributed by atoms with E-state index in [-0.39, 0.29) is 12.4 Å². The minimum absolute atomic E-state index is 0.207. The quantitative estimate of drug-likeness (QED) is 0.325. The van der Waals surface area contributed by atoms with E-state index >= 15 is 0 Å². The van der Waals surface area contributed by atoms with Crippen LogP contribution in [0, 0.1) is 0 Å². The molecule has 1 amide bonds. The Hall–Kier alpha value is -2.95. The first-order chi connectivity index (χ1) is 16.9. The number of hydrogen-bond acceptors (Lipinski definition) is 9. The summed E-state index contributed by atoms with van der Waals surface area (Å²) in [6, 6.07) is 2.68. The maximum Gasteiger partial charge on any atom is 0.322 e. The van der Waals surface area contributed by atoms with Gasteiger partial charge in [0.1, 0.15) is 11.9 Å². The van der Waals surface area contributed by atoms with Crippen molar-refractivity contribution in [2.75, 3.05) is 38.2 Å². The van der Waals surface area contributed by atoms with Gasteiger partial charge in [-0.3, -0.25) is 24.6 Å². The monoisotopic (exact) mass is 482 g/mol. The average Bonchev–Trinajstić information content (AvgIpc) is 3.40. The Morgan fingerprint density at radius 3 is 2.91 bits per heavy atom. The van der Waals surface area contributed by atoms with Gasteiger partial charge in [-0.2, -0.15) is 0 Å². The van der Waals surface area contributed by atoms with Crippen molar-refractivity contribution in [2.24, 2.45) is 4.99 Å². The number of nitrogens with zero attached hydrogens (tertiary/aromatic N) is 3. The van der Waals surface area contributed by atoms with Crippen LogP contribution in [0.1, 0.15) is 37.9 Å². The fourth-order valence-electron chi connectivity index (χ4n) is 4.83. The number of allylic oxidation sites excluding steroid dienone is 1. The van der Waals surface area contributed by atoms with Crippen LogP contribution in [0.4, 0.5) is 5.82 Å². The van der Waals surface area contributed by atoms with Gasteiger partial charge in [-0.25, -0.2) is 9.98 Å². The number of dihydropyridines is 1. The molecule has 10 nitrogen and oxygen atoms in total. The van der Waals surface area contributed by atoms with Crippen molar-refractivity contribution in [3.8, 4) is 0 Å². The third-order valence-corrected chi connectivity index (χ3v) is 6.69. The van der Waals surface area contributed by atoms with E-state index in [4.69, 9.17) is 9.72 Å². The van der Waals surface area contributed by atoms with Gasteiger partial charge in [-0.1, -0.05) is 6.07 Å². The van der Waals surface area contributed by atoms with Crippen LogP contribution in [0.3, 0.4) is 0 Å². The van der Waals surface area contributed by atoms with Gasteiger partial charge < -0.3 is 15.4 Å². The summed E-state index contributed by atoms with van der Waals surface area (Å²) in [5.74, 6) is -0.567. The molecule has 4 heterocycles. The van der Waals surface area contributed by atoms with Crippen LogP contribution >= 0.6 is 0 Å². The lowest BCUT2D eigenvalue weighted by molar-refractivity contribution is -0.146. The summed E-state index contributed by atoms with van der Waals surface area (Å²) in [6.07, 6.45) is 7.61. The van der Waals surface area contributed by atoms with Gasteiger partial charge in [0.15, 0.2) is 11.3 Å². The standard InChI is InChI=1S/C25H34N6O4/c1-3-35-23(33)17(2)30-25(11-5-13-28-24(25)34)21(32)20(31-15-14-26-16-31)10-9-19-8-7-18-6-4-12-27-22(18)29-19/h5,7-8,11,13,17,20,26,30H,3-4,6,9-10,12,14-16H2,1-2H3,(H,27,29)/t17-,20?,25-/m0/s1. The second kappa shape index (κ2) is 11.2. The van der Waals surface area contributed by atoms with Crippen LogP contribution in [-0.2, 0) is 32.0 Å². The molecule has 1 fully saturated rings. The number of fused-ring (bicyclic) bond motifs is 1. The summed E-state index contributed by atoms with van der Waals surface area (Å²) in [5, 5.41) is 9.59. The van der Waals surface area contributed by atoms with E-state index in [1.807, 2.05) is 11.0 Å². The molecular formula is C25H34N6O4. The predicted octanol–water partition coefficient (Wildman–Crippen LogP) is 0.620. The molecule has 4 rings (SSSR count). The highest BCUT2D eigenvalue weighted by atomic mass is 16.5. The van der Waals surface area contributed by atoms with Gasteiger partial charge >= 0.3 is 5.97 Å². The van der Waals surface area contributed by atoms with Crippen LogP contribution in [0.2, 0.25) is 0 Å². The Morgan fingerprint density at radius 2 is 2.17 bits per heavy atom. The molecule has 3 aliphatic rings. The van der Waals surface area contributed by atoms with Crippen molar-refractivity contribution in [3.63, 3.8) is 0 Å². The number of carbonyl (C=O) groups is 3. The van der Waals surface area contributed by atoms with Crippen molar-refractivity contribution >= 4 is 29.7 Å². The lowest BCUT2D eigenvalue weighted by Crippen LogP contribution is -2.65. The number of carbonyl (C=O) groups excluding carboxylic acids is 3. The number of amides is 1. The summed E-state index contributed by atoms with van der Waals surface area (Å²) >= 11 is 0. The molecule has 1 aromatic rings. The Balaban J connectivity index is 1.58. The van der Waals surface area contributed by atoms with Crippen molar-refractivity contribution in [1.29, 1.82) is 0 Å². The fourth-order valence-corrected chi connectivity index (χ4v) is 4.83. The zero-order chi connectivity index (χ0) is 24.8. The number of rotatable bonds is 10. The Bertz CT molecular complexity index is 1020. The zero-order valence-corrected chi connectivity index (χ0v) is 20.4. The van der Waals surface area contributed by atoms with Crippen molar-refractivity contribution in [2.45, 2.75) is 57.2 Å². The molecular weight excluding hydrogens is 448 g/mol. The first-order valence-electron chi connectivity index (χ1n) is 12.4. The highest BCUT2D eigenvalue weighted by Gasteiger charge is 2.50. The highest BCUT2D eigenvalue weighted by Crippen LogP contribution is 2.25. The molecule has 1 unspecified atom stereocenters. The summed E-state index contributed by atoms with van der Waals surface area (Å²) < 4.78 is 5.10. The molecule has 0 radical (unpaired) electrons. The second-order valence-electron chi connectivity index (χ2n) is 9.10. The van der Waals surface area contributed by atoms with Gasteiger partial charge in [0.2, 0.25) is 0 Å². The van der Waals surface area contributed by atoms with Gasteiger partial charge in [-0.15, -0.1) is 0 Å². The Kier molecular flexibility index (Phi) is 8.04. The zero-order valence-electron chi connectivity index (χ0n) is 20.4. The van der Waals surface area contributed by atoms with Crippen molar-refractivity contribution in [1.82, 2.24) is 20.5 Å². The molecule has 35 heavy (non-hydrogen) atoms. The SMILES string of the molecule is CCOC(=O)[C@H](C)N[C@]1(C(=O)C(CCc2ccc3c(n2)NCCC3)N2CCNC2)C=CC=NC1=O. The molecule has 0 bridgehead atoms. The van der Waals surface area contributed by atoms with E-state index in [0.717, 1.165) is 37.4 Å². The van der Waals surface area contributed by atoms with Crippen molar-refractivity contribution in [3.05, 3.63) is 35.5 Å². The minimum Gasteiger partial charge on any atom is -0.465 e. The van der Waals surface area contributed by atoms with Gasteiger partial charge in [0, 0.05) is 38.2 Å². The minimum atomic E-state index is -1.74. The predicted molar refractivity (Wildman–Crippen MR) is 132 cm³/mol. The summed E-state index contributed by atoms with van der Waals surface area (Å²) in [5.41, 5.74) is 0.371. The lowest BCUT2D eigenvalue weighted by atomic mass is 9.83. The van der Waals surface area contributed by atoms with Crippen LogP contribution in [0.25, 0.3) is 0 Å². The summed E-state index contributed by atoms with van der Waals surface area (Å²) in [7, 11) is 0. The maximum atomic E-state index is 14.1. The first-order valence-corrected chi connectivity index (χ1v) is 12.4. The molecule has 3 aliphatic heterocycles. The number of aryl methyl sites for hydroxylation is 2. The molecule has 188 valence electrons. The van der Waals surface area contributed by atoms with E-state index in [0.29, 0.717) is 26.1 Å². The molecule has 0 aliphatic carbocycles. The van der Waals surface area contributed by atoms with Crippen LogP contribution in [0.15, 0.2) is 29.3 Å². The number of esters is 1. The number of Topliss-reactive ketones (excluding diaryl/α,β-unsaturated/α-hetero) is 1. The number of pyridine rings is 1. The van der Waals surface area contributed by atoms with E-state index in [1.165, 1.54) is 17.9 Å². The molecule has 3 atom stereocenters. The fraction of sp³-hybridized carbons (Fsp3) is 0.560. The van der Waals surface area contributed by atoms with Gasteiger partial charge in [-0.05, 0) is 63.3 Å². The van der Waals surface area contributed by atoms with E-state index in [9.17, 15) is 14.4 Å². The second-order valence-corrected chi connectivity index (χ2v) is 9.10. The van der Waals surface area contributed by atoms with Crippen LogP contribution in [-0.4, -0.2) is 84.3 Å². The third-order valence-electron chi connectivity index (χ3n) is 6.69. The largest absolute Gasteiger partial charge is 0.465 e. The normalized spacial score (nSPS) is 23.4.